The molecular formula is C14H10FN5O. The summed E-state index contributed by atoms with van der Waals surface area (Å²) in [4.78, 5) is 19.4. The highest BCUT2D eigenvalue weighted by Gasteiger charge is 2.29. The van der Waals surface area contributed by atoms with E-state index in [0.29, 0.717) is 12.0 Å². The van der Waals surface area contributed by atoms with Gasteiger partial charge in [0.25, 0.3) is 0 Å². The minimum atomic E-state index is -0.500. The molecule has 1 aliphatic heterocycles. The summed E-state index contributed by atoms with van der Waals surface area (Å²) in [5.41, 5.74) is 0.749. The van der Waals surface area contributed by atoms with Crippen molar-refractivity contribution in [2.75, 3.05) is 0 Å². The number of benzene rings is 1. The maximum absolute atomic E-state index is 13.6. The Morgan fingerprint density at radius 1 is 1.43 bits per heavy atom. The quantitative estimate of drug-likeness (QED) is 0.755. The first kappa shape index (κ1) is 13.0. The molecular weight excluding hydrogens is 273 g/mol. The second kappa shape index (κ2) is 5.17. The van der Waals surface area contributed by atoms with E-state index in [4.69, 9.17) is 6.57 Å². The molecule has 1 aromatic carbocycles. The van der Waals surface area contributed by atoms with Gasteiger partial charge in [0.2, 0.25) is 0 Å². The summed E-state index contributed by atoms with van der Waals surface area (Å²) in [5, 5.41) is 5.31. The third kappa shape index (κ3) is 2.39. The van der Waals surface area contributed by atoms with Crippen molar-refractivity contribution in [1.29, 1.82) is 0 Å². The number of hydrogen-bond acceptors (Lipinski definition) is 3. The van der Waals surface area contributed by atoms with E-state index in [0.717, 1.165) is 6.07 Å². The molecule has 0 saturated carbocycles. The molecule has 1 aromatic heterocycles. The fourth-order valence-electron chi connectivity index (χ4n) is 2.22. The summed E-state index contributed by atoms with van der Waals surface area (Å²) < 4.78 is 14.9. The van der Waals surface area contributed by atoms with Gasteiger partial charge < -0.3 is 0 Å². The van der Waals surface area contributed by atoms with Gasteiger partial charge in [0.05, 0.1) is 12.6 Å². The number of nitrogens with zero attached hydrogens (tertiary/aromatic N) is 5. The average molecular weight is 283 g/mol. The topological polar surface area (TPSA) is 54.9 Å². The van der Waals surface area contributed by atoms with Crippen LogP contribution in [0.1, 0.15) is 18.0 Å². The third-order valence-corrected chi connectivity index (χ3v) is 3.17. The van der Waals surface area contributed by atoms with E-state index in [1.807, 2.05) is 0 Å². The normalized spacial score (nSPS) is 17.0. The summed E-state index contributed by atoms with van der Waals surface area (Å²) in [6.07, 6.45) is 6.46. The first-order chi connectivity index (χ1) is 10.2. The number of halogens is 1. The van der Waals surface area contributed by atoms with E-state index in [9.17, 15) is 9.18 Å². The van der Waals surface area contributed by atoms with Gasteiger partial charge in [-0.3, -0.25) is 4.57 Å². The lowest BCUT2D eigenvalue weighted by Crippen LogP contribution is -2.30. The summed E-state index contributed by atoms with van der Waals surface area (Å²) in [6.45, 7) is 6.99. The van der Waals surface area contributed by atoms with Crippen LogP contribution in [-0.4, -0.2) is 26.8 Å². The smallest absolute Gasteiger partial charge is 0.257 e. The Labute approximate surface area is 120 Å². The van der Waals surface area contributed by atoms with Crippen molar-refractivity contribution in [3.63, 3.8) is 0 Å². The Kier molecular flexibility index (Phi) is 3.20. The van der Waals surface area contributed by atoms with Gasteiger partial charge in [0.1, 0.15) is 12.1 Å². The second-order valence-electron chi connectivity index (χ2n) is 4.50. The monoisotopic (exact) mass is 283 g/mol. The summed E-state index contributed by atoms with van der Waals surface area (Å²) >= 11 is 0. The predicted octanol–water partition coefficient (Wildman–Crippen LogP) is 2.97. The van der Waals surface area contributed by atoms with E-state index in [1.54, 1.807) is 12.3 Å². The van der Waals surface area contributed by atoms with E-state index >= 15 is 0 Å². The van der Waals surface area contributed by atoms with Gasteiger partial charge in [-0.15, -0.1) is 0 Å². The van der Waals surface area contributed by atoms with Crippen LogP contribution in [0.5, 0.6) is 0 Å². The zero-order chi connectivity index (χ0) is 14.8. The fraction of sp³-hybridized carbons (Fsp3) is 0.143. The molecule has 3 rings (SSSR count). The van der Waals surface area contributed by atoms with Crippen molar-refractivity contribution < 1.29 is 9.18 Å². The molecule has 1 atom stereocenters. The highest BCUT2D eigenvalue weighted by Crippen LogP contribution is 2.31. The number of imidazole rings is 1. The van der Waals surface area contributed by atoms with Crippen molar-refractivity contribution in [2.45, 2.75) is 12.5 Å². The number of amides is 1. The lowest BCUT2D eigenvalue weighted by Gasteiger charge is -2.22. The molecule has 1 amide bonds. The molecule has 7 heteroatoms. The Hall–Kier alpha value is -3.01. The molecule has 0 aliphatic carbocycles. The zero-order valence-corrected chi connectivity index (χ0v) is 10.8. The lowest BCUT2D eigenvalue weighted by molar-refractivity contribution is 0.187. The van der Waals surface area contributed by atoms with Crippen molar-refractivity contribution in [1.82, 2.24) is 14.6 Å². The first-order valence-electron chi connectivity index (χ1n) is 6.21. The van der Waals surface area contributed by atoms with Gasteiger partial charge >= 0.3 is 6.03 Å². The Bertz CT molecular complexity index is 747. The molecule has 0 radical (unpaired) electrons. The highest BCUT2D eigenvalue weighted by molar-refractivity contribution is 5.80. The molecule has 21 heavy (non-hydrogen) atoms. The van der Waals surface area contributed by atoms with Gasteiger partial charge in [-0.1, -0.05) is 6.07 Å². The Morgan fingerprint density at radius 2 is 2.29 bits per heavy atom. The van der Waals surface area contributed by atoms with E-state index in [1.165, 1.54) is 34.4 Å². The number of rotatable bonds is 1. The van der Waals surface area contributed by atoms with Crippen molar-refractivity contribution in [3.05, 3.63) is 59.7 Å². The number of aromatic nitrogens is 2. The number of carbonyl (C=O) groups excluding carboxylic acids is 1. The number of hydrogen-bond donors (Lipinski definition) is 0. The maximum Gasteiger partial charge on any atom is 0.350 e. The molecule has 0 bridgehead atoms. The molecule has 1 aliphatic rings. The summed E-state index contributed by atoms with van der Waals surface area (Å²) in [6, 6.07) is 3.26. The zero-order valence-electron chi connectivity index (χ0n) is 10.8. The SMILES string of the molecule is [C-]#[N+]c1cc(F)cc([C@@H]2CC=NN2C(=O)n2ccnc2)c1. The van der Waals surface area contributed by atoms with Crippen LogP contribution in [0.25, 0.3) is 4.85 Å². The molecule has 0 spiro atoms. The van der Waals surface area contributed by atoms with Crippen LogP contribution in [0.4, 0.5) is 14.9 Å². The number of hydrazone groups is 1. The van der Waals surface area contributed by atoms with Crippen LogP contribution in [0.2, 0.25) is 0 Å². The van der Waals surface area contributed by atoms with Crippen molar-refractivity contribution in [2.24, 2.45) is 5.10 Å². The second-order valence-corrected chi connectivity index (χ2v) is 4.50. The van der Waals surface area contributed by atoms with E-state index < -0.39 is 11.9 Å². The Balaban J connectivity index is 1.94. The maximum atomic E-state index is 13.6. The van der Waals surface area contributed by atoms with Crippen LogP contribution < -0.4 is 0 Å². The molecule has 104 valence electrons. The minimum Gasteiger partial charge on any atom is -0.257 e. The molecule has 0 saturated heterocycles. The molecule has 2 aromatic rings. The standard InChI is InChI=1S/C14H10FN5O/c1-16-12-7-10(6-11(15)8-12)13-2-3-18-20(13)14(21)19-5-4-17-9-19/h3-9,13H,2H2/t13-/m0/s1. The van der Waals surface area contributed by atoms with Crippen LogP contribution in [-0.2, 0) is 0 Å². The van der Waals surface area contributed by atoms with Crippen LogP contribution in [0.15, 0.2) is 42.0 Å². The fourth-order valence-corrected chi connectivity index (χ4v) is 2.22. The van der Waals surface area contributed by atoms with Gasteiger partial charge in [0, 0.05) is 25.0 Å². The summed E-state index contributed by atoms with van der Waals surface area (Å²) in [7, 11) is 0. The number of carbonyl (C=O) groups is 1. The van der Waals surface area contributed by atoms with Gasteiger partial charge in [-0.2, -0.15) is 5.10 Å². The Morgan fingerprint density at radius 3 is 3.00 bits per heavy atom. The van der Waals surface area contributed by atoms with Crippen LogP contribution >= 0.6 is 0 Å². The third-order valence-electron chi connectivity index (χ3n) is 3.17. The van der Waals surface area contributed by atoms with Gasteiger partial charge in [0.15, 0.2) is 5.69 Å². The van der Waals surface area contributed by atoms with Gasteiger partial charge in [-0.05, 0) is 17.7 Å². The molecule has 0 fully saturated rings. The minimum absolute atomic E-state index is 0.201. The predicted molar refractivity (Wildman–Crippen MR) is 73.4 cm³/mol. The largest absolute Gasteiger partial charge is 0.350 e. The van der Waals surface area contributed by atoms with Crippen LogP contribution in [0, 0.1) is 12.4 Å². The van der Waals surface area contributed by atoms with Crippen molar-refractivity contribution >= 4 is 17.9 Å². The first-order valence-corrected chi connectivity index (χ1v) is 6.21. The highest BCUT2D eigenvalue weighted by atomic mass is 19.1. The summed E-state index contributed by atoms with van der Waals surface area (Å²) in [5.74, 6) is -0.500. The van der Waals surface area contributed by atoms with Gasteiger partial charge in [-0.25, -0.2) is 24.0 Å². The van der Waals surface area contributed by atoms with Crippen LogP contribution in [0.3, 0.4) is 0 Å². The van der Waals surface area contributed by atoms with Crippen molar-refractivity contribution in [3.8, 4) is 0 Å². The lowest BCUT2D eigenvalue weighted by atomic mass is 10.0. The molecule has 6 nitrogen and oxygen atoms in total. The molecule has 0 unspecified atom stereocenters. The van der Waals surface area contributed by atoms with E-state index in [-0.39, 0.29) is 11.7 Å². The molecule has 2 heterocycles. The average Bonchev–Trinajstić information content (AvgIpc) is 3.17. The van der Waals surface area contributed by atoms with E-state index in [2.05, 4.69) is 14.9 Å². The molecule has 0 N–H and O–H groups in total.